The van der Waals surface area contributed by atoms with E-state index in [-0.39, 0.29) is 6.61 Å². The second-order valence-corrected chi connectivity index (χ2v) is 3.57. The molecule has 0 amide bonds. The van der Waals surface area contributed by atoms with Gasteiger partial charge in [0.05, 0.1) is 18.4 Å². The Bertz CT molecular complexity index is 476. The van der Waals surface area contributed by atoms with Crippen LogP contribution in [0.5, 0.6) is 5.75 Å². The smallest absolute Gasteiger partial charge is 0.177 e. The van der Waals surface area contributed by atoms with E-state index in [9.17, 15) is 0 Å². The molecule has 0 unspecified atom stereocenters. The Hall–Kier alpha value is -1.19. The summed E-state index contributed by atoms with van der Waals surface area (Å²) in [6.45, 7) is 0.0617. The van der Waals surface area contributed by atoms with Gasteiger partial charge in [0.15, 0.2) is 11.3 Å². The van der Waals surface area contributed by atoms with Gasteiger partial charge in [0.2, 0.25) is 0 Å². The molecule has 0 aliphatic heterocycles. The van der Waals surface area contributed by atoms with E-state index in [0.717, 1.165) is 10.9 Å². The molecule has 4 heteroatoms. The van der Waals surface area contributed by atoms with E-state index in [1.165, 1.54) is 0 Å². The van der Waals surface area contributed by atoms with E-state index < -0.39 is 0 Å². The summed E-state index contributed by atoms with van der Waals surface area (Å²) in [5, 5.41) is 10.3. The van der Waals surface area contributed by atoms with Gasteiger partial charge in [-0.2, -0.15) is 0 Å². The van der Waals surface area contributed by atoms with E-state index in [1.54, 1.807) is 25.5 Å². The van der Waals surface area contributed by atoms with Gasteiger partial charge in [0, 0.05) is 12.0 Å². The molecule has 0 saturated heterocycles. The van der Waals surface area contributed by atoms with Crippen LogP contribution in [-0.4, -0.2) is 18.8 Å². The zero-order chi connectivity index (χ0) is 10.8. The molecule has 0 aliphatic carbocycles. The molecule has 0 spiro atoms. The first-order valence-electron chi connectivity index (χ1n) is 4.61. The summed E-state index contributed by atoms with van der Waals surface area (Å²) in [4.78, 5) is 0. The number of aliphatic hydroxyl groups excluding tert-OH is 1. The first kappa shape index (κ1) is 10.3. The molecule has 80 valence electrons. The number of halogens is 1. The molecule has 15 heavy (non-hydrogen) atoms. The van der Waals surface area contributed by atoms with Crippen LogP contribution in [0.3, 0.4) is 0 Å². The highest BCUT2D eigenvalue weighted by Gasteiger charge is 2.13. The standard InChI is InChI=1S/C11H11ClO3/c1-14-9-6-7(2-4-13)10(12)8-3-5-15-11(8)9/h3,5-6,13H,2,4H2,1H3. The molecule has 3 nitrogen and oxygen atoms in total. The lowest BCUT2D eigenvalue weighted by molar-refractivity contribution is 0.299. The van der Waals surface area contributed by atoms with Crippen molar-refractivity contribution in [2.75, 3.05) is 13.7 Å². The number of rotatable bonds is 3. The highest BCUT2D eigenvalue weighted by atomic mass is 35.5. The maximum absolute atomic E-state index is 8.91. The first-order valence-corrected chi connectivity index (χ1v) is 4.99. The number of ether oxygens (including phenoxy) is 1. The van der Waals surface area contributed by atoms with Crippen LogP contribution < -0.4 is 4.74 Å². The number of methoxy groups -OCH3 is 1. The Labute approximate surface area is 92.2 Å². The summed E-state index contributed by atoms with van der Waals surface area (Å²) >= 11 is 6.16. The summed E-state index contributed by atoms with van der Waals surface area (Å²) in [6, 6.07) is 3.59. The second-order valence-electron chi connectivity index (χ2n) is 3.19. The SMILES string of the molecule is COc1cc(CCO)c(Cl)c2ccoc12. The predicted octanol–water partition coefficient (Wildman–Crippen LogP) is 2.63. The van der Waals surface area contributed by atoms with Gasteiger partial charge in [0.25, 0.3) is 0 Å². The molecule has 1 N–H and O–H groups in total. The summed E-state index contributed by atoms with van der Waals surface area (Å²) in [5.41, 5.74) is 1.51. The molecule has 1 aromatic heterocycles. The fraction of sp³-hybridized carbons (Fsp3) is 0.273. The van der Waals surface area contributed by atoms with Crippen LogP contribution in [0.2, 0.25) is 5.02 Å². The van der Waals surface area contributed by atoms with Gasteiger partial charge in [0.1, 0.15) is 0 Å². The van der Waals surface area contributed by atoms with E-state index in [1.807, 2.05) is 0 Å². The van der Waals surface area contributed by atoms with Crippen LogP contribution in [0.25, 0.3) is 11.0 Å². The highest BCUT2D eigenvalue weighted by molar-refractivity contribution is 6.36. The fourth-order valence-electron chi connectivity index (χ4n) is 1.59. The molecule has 0 radical (unpaired) electrons. The lowest BCUT2D eigenvalue weighted by Gasteiger charge is -2.07. The summed E-state index contributed by atoms with van der Waals surface area (Å²) in [5.74, 6) is 0.642. The van der Waals surface area contributed by atoms with Crippen LogP contribution in [-0.2, 0) is 6.42 Å². The Balaban J connectivity index is 2.67. The minimum atomic E-state index is 0.0617. The van der Waals surface area contributed by atoms with Crippen LogP contribution in [0.15, 0.2) is 22.8 Å². The largest absolute Gasteiger partial charge is 0.493 e. The van der Waals surface area contributed by atoms with Gasteiger partial charge in [-0.3, -0.25) is 0 Å². The van der Waals surface area contributed by atoms with Crippen molar-refractivity contribution in [3.05, 3.63) is 29.0 Å². The topological polar surface area (TPSA) is 42.6 Å². The second kappa shape index (κ2) is 4.13. The van der Waals surface area contributed by atoms with Crippen LogP contribution >= 0.6 is 11.6 Å². The Morgan fingerprint density at radius 1 is 1.53 bits per heavy atom. The van der Waals surface area contributed by atoms with Crippen molar-refractivity contribution in [2.24, 2.45) is 0 Å². The van der Waals surface area contributed by atoms with Gasteiger partial charge in [-0.1, -0.05) is 11.6 Å². The number of fused-ring (bicyclic) bond motifs is 1. The molecule has 0 fully saturated rings. The zero-order valence-electron chi connectivity index (χ0n) is 8.29. The van der Waals surface area contributed by atoms with Crippen LogP contribution in [0.1, 0.15) is 5.56 Å². The van der Waals surface area contributed by atoms with Crippen molar-refractivity contribution in [3.8, 4) is 5.75 Å². The van der Waals surface area contributed by atoms with Gasteiger partial charge >= 0.3 is 0 Å². The molecule has 2 aromatic rings. The van der Waals surface area contributed by atoms with E-state index in [4.69, 9.17) is 25.9 Å². The lowest BCUT2D eigenvalue weighted by atomic mass is 10.1. The van der Waals surface area contributed by atoms with Crippen molar-refractivity contribution >= 4 is 22.6 Å². The van der Waals surface area contributed by atoms with Crippen molar-refractivity contribution in [2.45, 2.75) is 6.42 Å². The Kier molecular flexibility index (Phi) is 2.84. The number of aliphatic hydroxyl groups is 1. The number of benzene rings is 1. The normalized spacial score (nSPS) is 10.9. The van der Waals surface area contributed by atoms with Crippen molar-refractivity contribution in [1.29, 1.82) is 0 Å². The van der Waals surface area contributed by atoms with Crippen molar-refractivity contribution in [1.82, 2.24) is 0 Å². The molecule has 1 aromatic carbocycles. The molecule has 0 aliphatic rings. The van der Waals surface area contributed by atoms with Gasteiger partial charge in [-0.25, -0.2) is 0 Å². The molecule has 0 saturated carbocycles. The molecule has 0 atom stereocenters. The molecular formula is C11H11ClO3. The minimum absolute atomic E-state index is 0.0617. The maximum atomic E-state index is 8.91. The molecule has 2 rings (SSSR count). The number of hydrogen-bond acceptors (Lipinski definition) is 3. The Morgan fingerprint density at radius 2 is 2.33 bits per heavy atom. The predicted molar refractivity (Wildman–Crippen MR) is 58.6 cm³/mol. The van der Waals surface area contributed by atoms with Crippen molar-refractivity contribution in [3.63, 3.8) is 0 Å². The van der Waals surface area contributed by atoms with Crippen molar-refractivity contribution < 1.29 is 14.3 Å². The fourth-order valence-corrected chi connectivity index (χ4v) is 1.88. The van der Waals surface area contributed by atoms with Gasteiger partial charge in [-0.15, -0.1) is 0 Å². The van der Waals surface area contributed by atoms with Crippen LogP contribution in [0.4, 0.5) is 0 Å². The van der Waals surface area contributed by atoms with E-state index >= 15 is 0 Å². The molecular weight excluding hydrogens is 216 g/mol. The summed E-state index contributed by atoms with van der Waals surface area (Å²) in [6.07, 6.45) is 2.08. The highest BCUT2D eigenvalue weighted by Crippen LogP contribution is 2.35. The van der Waals surface area contributed by atoms with E-state index in [0.29, 0.717) is 22.8 Å². The monoisotopic (exact) mass is 226 g/mol. The summed E-state index contributed by atoms with van der Waals surface area (Å²) in [7, 11) is 1.58. The van der Waals surface area contributed by atoms with Gasteiger partial charge < -0.3 is 14.3 Å². The average Bonchev–Trinajstić information content (AvgIpc) is 2.71. The quantitative estimate of drug-likeness (QED) is 0.875. The average molecular weight is 227 g/mol. The number of furan rings is 1. The zero-order valence-corrected chi connectivity index (χ0v) is 9.04. The third kappa shape index (κ3) is 1.68. The molecule has 1 heterocycles. The lowest BCUT2D eigenvalue weighted by Crippen LogP contribution is -1.94. The molecule has 0 bridgehead atoms. The van der Waals surface area contributed by atoms with Crippen LogP contribution in [0, 0.1) is 0 Å². The van der Waals surface area contributed by atoms with E-state index in [2.05, 4.69) is 0 Å². The third-order valence-electron chi connectivity index (χ3n) is 2.31. The minimum Gasteiger partial charge on any atom is -0.493 e. The number of hydrogen-bond donors (Lipinski definition) is 1. The maximum Gasteiger partial charge on any atom is 0.177 e. The summed E-state index contributed by atoms with van der Waals surface area (Å²) < 4.78 is 10.5. The van der Waals surface area contributed by atoms with Gasteiger partial charge in [-0.05, 0) is 24.1 Å². The first-order chi connectivity index (χ1) is 7.27. The Morgan fingerprint density at radius 3 is 3.00 bits per heavy atom. The third-order valence-corrected chi connectivity index (χ3v) is 2.76.